The molecule has 0 aromatic heterocycles. The van der Waals surface area contributed by atoms with Gasteiger partial charge in [-0.2, -0.15) is 0 Å². The van der Waals surface area contributed by atoms with Gasteiger partial charge in [-0.15, -0.1) is 0 Å². The number of anilines is 2. The summed E-state index contributed by atoms with van der Waals surface area (Å²) in [6.45, 7) is 3.24. The molecule has 0 radical (unpaired) electrons. The zero-order chi connectivity index (χ0) is 17.8. The fraction of sp³-hybridized carbons (Fsp3) is 0.278. The molecular formula is C18H18Cl2FN3O. The average Bonchev–Trinajstić information content (AvgIpc) is 2.59. The van der Waals surface area contributed by atoms with E-state index in [1.807, 2.05) is 29.2 Å². The predicted molar refractivity (Wildman–Crippen MR) is 100 cm³/mol. The number of carbonyl (C=O) groups excluding carboxylic acids is 1. The molecule has 132 valence electrons. The molecule has 0 saturated carbocycles. The van der Waals surface area contributed by atoms with Crippen molar-refractivity contribution < 1.29 is 9.18 Å². The van der Waals surface area contributed by atoms with E-state index in [2.05, 4.69) is 10.2 Å². The van der Waals surface area contributed by atoms with Crippen molar-refractivity contribution in [1.29, 1.82) is 0 Å². The van der Waals surface area contributed by atoms with Crippen molar-refractivity contribution >= 4 is 40.5 Å². The minimum atomic E-state index is -0.499. The van der Waals surface area contributed by atoms with E-state index in [0.29, 0.717) is 5.02 Å². The van der Waals surface area contributed by atoms with Crippen molar-refractivity contribution in [1.82, 2.24) is 4.90 Å². The summed E-state index contributed by atoms with van der Waals surface area (Å²) in [5.41, 5.74) is 1.11. The number of benzene rings is 2. The Morgan fingerprint density at radius 3 is 2.52 bits per heavy atom. The van der Waals surface area contributed by atoms with Crippen LogP contribution < -0.4 is 10.2 Å². The third-order valence-electron chi connectivity index (χ3n) is 4.14. The van der Waals surface area contributed by atoms with Crippen LogP contribution >= 0.6 is 23.2 Å². The first-order valence-corrected chi connectivity index (χ1v) is 8.75. The van der Waals surface area contributed by atoms with Gasteiger partial charge in [0, 0.05) is 31.2 Å². The van der Waals surface area contributed by atoms with Gasteiger partial charge in [-0.05, 0) is 30.3 Å². The quantitative estimate of drug-likeness (QED) is 0.872. The van der Waals surface area contributed by atoms with Gasteiger partial charge in [0.1, 0.15) is 5.82 Å². The number of nitrogens with one attached hydrogen (secondary N) is 1. The highest BCUT2D eigenvalue weighted by Gasteiger charge is 2.20. The maximum Gasteiger partial charge on any atom is 0.238 e. The fourth-order valence-corrected chi connectivity index (χ4v) is 3.27. The van der Waals surface area contributed by atoms with Gasteiger partial charge in [0.15, 0.2) is 0 Å². The third-order valence-corrected chi connectivity index (χ3v) is 4.69. The Morgan fingerprint density at radius 1 is 1.08 bits per heavy atom. The maximum atomic E-state index is 13.7. The van der Waals surface area contributed by atoms with E-state index in [9.17, 15) is 9.18 Å². The monoisotopic (exact) mass is 381 g/mol. The summed E-state index contributed by atoms with van der Waals surface area (Å²) in [4.78, 5) is 16.4. The van der Waals surface area contributed by atoms with Gasteiger partial charge in [0.05, 0.1) is 22.9 Å². The van der Waals surface area contributed by atoms with Crippen LogP contribution in [0.25, 0.3) is 0 Å². The smallest absolute Gasteiger partial charge is 0.238 e. The molecule has 1 heterocycles. The average molecular weight is 382 g/mol. The van der Waals surface area contributed by atoms with Gasteiger partial charge in [0.25, 0.3) is 0 Å². The van der Waals surface area contributed by atoms with E-state index in [1.54, 1.807) is 0 Å². The Morgan fingerprint density at radius 2 is 1.80 bits per heavy atom. The predicted octanol–water partition coefficient (Wildman–Crippen LogP) is 3.89. The molecule has 1 fully saturated rings. The molecule has 3 rings (SSSR count). The molecule has 0 aliphatic carbocycles. The summed E-state index contributed by atoms with van der Waals surface area (Å²) < 4.78 is 13.7. The molecule has 4 nitrogen and oxygen atoms in total. The van der Waals surface area contributed by atoms with Gasteiger partial charge in [-0.3, -0.25) is 9.69 Å². The fourth-order valence-electron chi connectivity index (χ4n) is 2.84. The normalized spacial score (nSPS) is 15.2. The summed E-state index contributed by atoms with van der Waals surface area (Å²) in [6, 6.07) is 11.8. The Balaban J connectivity index is 1.53. The summed E-state index contributed by atoms with van der Waals surface area (Å²) in [7, 11) is 0. The van der Waals surface area contributed by atoms with E-state index in [4.69, 9.17) is 23.2 Å². The lowest BCUT2D eigenvalue weighted by Crippen LogP contribution is -2.48. The van der Waals surface area contributed by atoms with Crippen molar-refractivity contribution in [2.24, 2.45) is 0 Å². The number of piperazine rings is 1. The lowest BCUT2D eigenvalue weighted by Gasteiger charge is -2.36. The third kappa shape index (κ3) is 4.63. The first-order valence-electron chi connectivity index (χ1n) is 7.99. The van der Waals surface area contributed by atoms with Crippen LogP contribution in [0.4, 0.5) is 15.8 Å². The number of hydrogen-bond acceptors (Lipinski definition) is 3. The molecule has 2 aromatic carbocycles. The number of para-hydroxylation sites is 1. The van der Waals surface area contributed by atoms with Crippen LogP contribution in [0.3, 0.4) is 0 Å². The molecule has 2 aromatic rings. The van der Waals surface area contributed by atoms with Crippen LogP contribution in [-0.2, 0) is 4.79 Å². The molecule has 1 saturated heterocycles. The second-order valence-electron chi connectivity index (χ2n) is 5.89. The van der Waals surface area contributed by atoms with E-state index in [0.717, 1.165) is 36.9 Å². The molecule has 0 bridgehead atoms. The van der Waals surface area contributed by atoms with Crippen LogP contribution in [-0.4, -0.2) is 43.5 Å². The topological polar surface area (TPSA) is 35.6 Å². The zero-order valence-electron chi connectivity index (χ0n) is 13.5. The Kier molecular flexibility index (Phi) is 5.78. The Hall–Kier alpha value is -1.82. The van der Waals surface area contributed by atoms with Gasteiger partial charge in [0.2, 0.25) is 5.91 Å². The van der Waals surface area contributed by atoms with Crippen molar-refractivity contribution in [3.8, 4) is 0 Å². The van der Waals surface area contributed by atoms with E-state index >= 15 is 0 Å². The number of amides is 1. The molecule has 0 atom stereocenters. The molecule has 25 heavy (non-hydrogen) atoms. The standard InChI is InChI=1S/C18H18Cl2FN3O/c19-13-5-6-15(21)16(11-13)22-18(25)12-23-7-9-24(10-8-23)17-4-2-1-3-14(17)20/h1-6,11H,7-10,12H2,(H,22,25). The van der Waals surface area contributed by atoms with Gasteiger partial charge >= 0.3 is 0 Å². The highest BCUT2D eigenvalue weighted by Crippen LogP contribution is 2.26. The van der Waals surface area contributed by atoms with Crippen molar-refractivity contribution in [3.63, 3.8) is 0 Å². The van der Waals surface area contributed by atoms with Crippen LogP contribution in [0.2, 0.25) is 10.0 Å². The first-order chi connectivity index (χ1) is 12.0. The highest BCUT2D eigenvalue weighted by atomic mass is 35.5. The van der Waals surface area contributed by atoms with Crippen molar-refractivity contribution in [2.75, 3.05) is 42.9 Å². The van der Waals surface area contributed by atoms with E-state index in [1.165, 1.54) is 18.2 Å². The van der Waals surface area contributed by atoms with E-state index in [-0.39, 0.29) is 18.1 Å². The molecule has 1 aliphatic heterocycles. The molecule has 1 amide bonds. The summed E-state index contributed by atoms with van der Waals surface area (Å²) >= 11 is 12.1. The molecular weight excluding hydrogens is 364 g/mol. The molecule has 7 heteroatoms. The van der Waals surface area contributed by atoms with Crippen LogP contribution in [0.1, 0.15) is 0 Å². The number of halogens is 3. The van der Waals surface area contributed by atoms with Crippen molar-refractivity contribution in [2.45, 2.75) is 0 Å². The summed E-state index contributed by atoms with van der Waals surface area (Å²) in [5, 5.41) is 3.68. The van der Waals surface area contributed by atoms with Gasteiger partial charge in [-0.25, -0.2) is 4.39 Å². The zero-order valence-corrected chi connectivity index (χ0v) is 15.0. The van der Waals surface area contributed by atoms with Crippen molar-refractivity contribution in [3.05, 3.63) is 58.3 Å². The van der Waals surface area contributed by atoms with Gasteiger partial charge < -0.3 is 10.2 Å². The SMILES string of the molecule is O=C(CN1CCN(c2ccccc2Cl)CC1)Nc1cc(Cl)ccc1F. The maximum absolute atomic E-state index is 13.7. The number of nitrogens with zero attached hydrogens (tertiary/aromatic N) is 2. The first kappa shape index (κ1) is 18.0. The highest BCUT2D eigenvalue weighted by molar-refractivity contribution is 6.33. The van der Waals surface area contributed by atoms with E-state index < -0.39 is 5.82 Å². The molecule has 1 N–H and O–H groups in total. The largest absolute Gasteiger partial charge is 0.368 e. The summed E-state index contributed by atoms with van der Waals surface area (Å²) in [5.74, 6) is -0.756. The Labute approximate surface area is 156 Å². The van der Waals surface area contributed by atoms with Gasteiger partial charge in [-0.1, -0.05) is 35.3 Å². The van der Waals surface area contributed by atoms with Crippen LogP contribution in [0.5, 0.6) is 0 Å². The number of carbonyl (C=O) groups is 1. The second-order valence-corrected chi connectivity index (χ2v) is 6.73. The van der Waals surface area contributed by atoms with Crippen LogP contribution in [0.15, 0.2) is 42.5 Å². The number of rotatable bonds is 4. The molecule has 1 aliphatic rings. The minimum absolute atomic E-state index is 0.104. The second kappa shape index (κ2) is 8.04. The minimum Gasteiger partial charge on any atom is -0.368 e. The van der Waals surface area contributed by atoms with Crippen LogP contribution in [0, 0.1) is 5.82 Å². The lowest BCUT2D eigenvalue weighted by molar-refractivity contribution is -0.117. The molecule has 0 spiro atoms. The Bertz CT molecular complexity index is 764. The lowest BCUT2D eigenvalue weighted by atomic mass is 10.2. The summed E-state index contributed by atoms with van der Waals surface area (Å²) in [6.07, 6.45) is 0. The molecule has 0 unspecified atom stereocenters. The number of hydrogen-bond donors (Lipinski definition) is 1.